The van der Waals surface area contributed by atoms with Crippen molar-refractivity contribution in [1.82, 2.24) is 9.80 Å². The van der Waals surface area contributed by atoms with Crippen LogP contribution in [0.2, 0.25) is 5.22 Å². The van der Waals surface area contributed by atoms with Crippen molar-refractivity contribution in [3.8, 4) is 6.07 Å². The normalized spacial score (nSPS) is 17.8. The number of carbonyl (C=O) groups excluding carboxylic acids is 1. The summed E-state index contributed by atoms with van der Waals surface area (Å²) in [5.74, 6) is 0.134. The average Bonchev–Trinajstić information content (AvgIpc) is 2.91. The summed E-state index contributed by atoms with van der Waals surface area (Å²) in [4.78, 5) is 16.1. The lowest BCUT2D eigenvalue weighted by atomic mass is 10.1. The summed E-state index contributed by atoms with van der Waals surface area (Å²) in [6.45, 7) is 4.74. The standard InChI is InChI=1S/C14H18ClN3O2/c1-2-3-11(10-16)17-6-8-18(9-7-17)14(19)12-4-5-13(15)20-12/h4-5,11H,2-3,6-9H2,1H3. The SMILES string of the molecule is CCCC(C#N)N1CCN(C(=O)c2ccc(Cl)o2)CC1. The molecular formula is C14H18ClN3O2. The molecule has 1 atom stereocenters. The maximum absolute atomic E-state index is 12.2. The van der Waals surface area contributed by atoms with Crippen LogP contribution in [-0.4, -0.2) is 47.9 Å². The summed E-state index contributed by atoms with van der Waals surface area (Å²) >= 11 is 5.68. The smallest absolute Gasteiger partial charge is 0.289 e. The number of piperazine rings is 1. The van der Waals surface area contributed by atoms with Crippen molar-refractivity contribution < 1.29 is 9.21 Å². The molecule has 1 aliphatic rings. The third-order valence-corrected chi connectivity index (χ3v) is 3.74. The van der Waals surface area contributed by atoms with Gasteiger partial charge in [-0.1, -0.05) is 13.3 Å². The van der Waals surface area contributed by atoms with E-state index in [1.54, 1.807) is 17.0 Å². The van der Waals surface area contributed by atoms with Crippen molar-refractivity contribution in [3.05, 3.63) is 23.1 Å². The van der Waals surface area contributed by atoms with Gasteiger partial charge in [-0.3, -0.25) is 9.69 Å². The zero-order valence-electron chi connectivity index (χ0n) is 11.5. The van der Waals surface area contributed by atoms with Gasteiger partial charge in [0.15, 0.2) is 11.0 Å². The lowest BCUT2D eigenvalue weighted by Crippen LogP contribution is -2.51. The molecule has 1 amide bonds. The van der Waals surface area contributed by atoms with Gasteiger partial charge in [0.1, 0.15) is 0 Å². The predicted molar refractivity (Wildman–Crippen MR) is 75.5 cm³/mol. The van der Waals surface area contributed by atoms with Gasteiger partial charge in [0.05, 0.1) is 12.1 Å². The number of rotatable bonds is 4. The van der Waals surface area contributed by atoms with E-state index < -0.39 is 0 Å². The Hall–Kier alpha value is -1.51. The van der Waals surface area contributed by atoms with Crippen molar-refractivity contribution in [1.29, 1.82) is 5.26 Å². The van der Waals surface area contributed by atoms with Crippen LogP contribution in [0, 0.1) is 11.3 Å². The highest BCUT2D eigenvalue weighted by Crippen LogP contribution is 2.17. The summed E-state index contributed by atoms with van der Waals surface area (Å²) < 4.78 is 5.14. The molecule has 0 saturated carbocycles. The number of hydrogen-bond acceptors (Lipinski definition) is 4. The van der Waals surface area contributed by atoms with E-state index in [9.17, 15) is 4.79 Å². The number of halogens is 1. The van der Waals surface area contributed by atoms with E-state index in [4.69, 9.17) is 21.3 Å². The molecule has 0 aliphatic carbocycles. The fraction of sp³-hybridized carbons (Fsp3) is 0.571. The molecule has 1 fully saturated rings. The zero-order chi connectivity index (χ0) is 14.5. The summed E-state index contributed by atoms with van der Waals surface area (Å²) in [6.07, 6.45) is 1.86. The van der Waals surface area contributed by atoms with E-state index in [0.717, 1.165) is 25.9 Å². The minimum atomic E-state index is -0.138. The molecule has 0 aromatic carbocycles. The van der Waals surface area contributed by atoms with Crippen molar-refractivity contribution in [3.63, 3.8) is 0 Å². The number of nitriles is 1. The van der Waals surface area contributed by atoms with Gasteiger partial charge in [-0.15, -0.1) is 0 Å². The van der Waals surface area contributed by atoms with Crippen molar-refractivity contribution in [2.75, 3.05) is 26.2 Å². The molecule has 1 unspecified atom stereocenters. The lowest BCUT2D eigenvalue weighted by molar-refractivity contribution is 0.0571. The van der Waals surface area contributed by atoms with Crippen LogP contribution in [0.4, 0.5) is 0 Å². The van der Waals surface area contributed by atoms with Crippen LogP contribution in [-0.2, 0) is 0 Å². The van der Waals surface area contributed by atoms with Crippen molar-refractivity contribution in [2.24, 2.45) is 0 Å². The largest absolute Gasteiger partial charge is 0.440 e. The second-order valence-electron chi connectivity index (χ2n) is 4.87. The number of furan rings is 1. The topological polar surface area (TPSA) is 60.5 Å². The minimum absolute atomic E-state index is 0.0460. The van der Waals surface area contributed by atoms with Gasteiger partial charge in [0.2, 0.25) is 0 Å². The van der Waals surface area contributed by atoms with Gasteiger partial charge in [-0.25, -0.2) is 0 Å². The van der Waals surface area contributed by atoms with Crippen LogP contribution in [0.15, 0.2) is 16.5 Å². The van der Waals surface area contributed by atoms with E-state index in [2.05, 4.69) is 17.9 Å². The summed E-state index contributed by atoms with van der Waals surface area (Å²) in [7, 11) is 0. The second kappa shape index (κ2) is 6.78. The summed E-state index contributed by atoms with van der Waals surface area (Å²) in [6, 6.07) is 5.45. The third-order valence-electron chi connectivity index (χ3n) is 3.54. The number of nitrogens with zero attached hydrogens (tertiary/aromatic N) is 3. The Kier molecular flexibility index (Phi) is 5.05. The van der Waals surface area contributed by atoms with Gasteiger partial charge in [-0.2, -0.15) is 5.26 Å². The lowest BCUT2D eigenvalue weighted by Gasteiger charge is -2.36. The Balaban J connectivity index is 1.91. The van der Waals surface area contributed by atoms with Gasteiger partial charge in [0.25, 0.3) is 5.91 Å². The maximum Gasteiger partial charge on any atom is 0.289 e. The second-order valence-corrected chi connectivity index (χ2v) is 5.24. The molecule has 1 aromatic rings. The first-order valence-electron chi connectivity index (χ1n) is 6.84. The molecule has 0 bridgehead atoms. The number of carbonyl (C=O) groups is 1. The Morgan fingerprint density at radius 2 is 2.15 bits per heavy atom. The molecule has 0 radical (unpaired) electrons. The molecule has 0 N–H and O–H groups in total. The molecule has 1 aliphatic heterocycles. The molecule has 0 spiro atoms. The van der Waals surface area contributed by atoms with Crippen LogP contribution >= 0.6 is 11.6 Å². The predicted octanol–water partition coefficient (Wildman–Crippen LogP) is 2.38. The van der Waals surface area contributed by atoms with Crippen molar-refractivity contribution in [2.45, 2.75) is 25.8 Å². The number of hydrogen-bond donors (Lipinski definition) is 0. The van der Waals surface area contributed by atoms with Crippen LogP contribution in [0.1, 0.15) is 30.3 Å². The van der Waals surface area contributed by atoms with Gasteiger partial charge in [-0.05, 0) is 30.2 Å². The Labute approximate surface area is 123 Å². The minimum Gasteiger partial charge on any atom is -0.440 e. The molecule has 5 nitrogen and oxygen atoms in total. The maximum atomic E-state index is 12.2. The van der Waals surface area contributed by atoms with Crippen LogP contribution < -0.4 is 0 Å². The fourth-order valence-corrected chi connectivity index (χ4v) is 2.57. The van der Waals surface area contributed by atoms with E-state index in [-0.39, 0.29) is 22.9 Å². The average molecular weight is 296 g/mol. The van der Waals surface area contributed by atoms with Crippen LogP contribution in [0.3, 0.4) is 0 Å². The molecule has 20 heavy (non-hydrogen) atoms. The van der Waals surface area contributed by atoms with Gasteiger partial charge in [0, 0.05) is 26.2 Å². The monoisotopic (exact) mass is 295 g/mol. The molecule has 108 valence electrons. The highest BCUT2D eigenvalue weighted by atomic mass is 35.5. The number of amides is 1. The van der Waals surface area contributed by atoms with Crippen molar-refractivity contribution >= 4 is 17.5 Å². The summed E-state index contributed by atoms with van der Waals surface area (Å²) in [5, 5.41) is 9.39. The van der Waals surface area contributed by atoms with Gasteiger partial charge >= 0.3 is 0 Å². The van der Waals surface area contributed by atoms with E-state index in [1.165, 1.54) is 0 Å². The molecule has 2 rings (SSSR count). The van der Waals surface area contributed by atoms with E-state index >= 15 is 0 Å². The molecule has 1 aromatic heterocycles. The molecule has 1 saturated heterocycles. The Morgan fingerprint density at radius 3 is 2.65 bits per heavy atom. The Bertz CT molecular complexity index is 501. The van der Waals surface area contributed by atoms with E-state index in [1.807, 2.05) is 0 Å². The highest BCUT2D eigenvalue weighted by Gasteiger charge is 2.27. The summed E-state index contributed by atoms with van der Waals surface area (Å²) in [5.41, 5.74) is 0. The quantitative estimate of drug-likeness (QED) is 0.855. The first kappa shape index (κ1) is 14.9. The third kappa shape index (κ3) is 3.33. The fourth-order valence-electron chi connectivity index (χ4n) is 2.42. The van der Waals surface area contributed by atoms with Gasteiger partial charge < -0.3 is 9.32 Å². The first-order valence-corrected chi connectivity index (χ1v) is 7.21. The zero-order valence-corrected chi connectivity index (χ0v) is 12.3. The Morgan fingerprint density at radius 1 is 1.45 bits per heavy atom. The van der Waals surface area contributed by atoms with Crippen LogP contribution in [0.5, 0.6) is 0 Å². The molecule has 2 heterocycles. The van der Waals surface area contributed by atoms with Crippen LogP contribution in [0.25, 0.3) is 0 Å². The highest BCUT2D eigenvalue weighted by molar-refractivity contribution is 6.29. The first-order chi connectivity index (χ1) is 9.65. The molecule has 6 heteroatoms. The van der Waals surface area contributed by atoms with E-state index in [0.29, 0.717) is 13.1 Å². The molecular weight excluding hydrogens is 278 g/mol.